The third kappa shape index (κ3) is 3.08. The highest BCUT2D eigenvalue weighted by molar-refractivity contribution is 6.02. The van der Waals surface area contributed by atoms with E-state index in [1.165, 1.54) is 6.07 Å². The first-order valence-electron chi connectivity index (χ1n) is 9.43. The van der Waals surface area contributed by atoms with Crippen molar-refractivity contribution < 1.29 is 9.18 Å². The van der Waals surface area contributed by atoms with Crippen LogP contribution in [-0.2, 0) is 0 Å². The number of halogens is 1. The number of aromatic amines is 2. The molecule has 30 heavy (non-hydrogen) atoms. The molecule has 0 spiro atoms. The number of carbonyl (C=O) groups is 1. The lowest BCUT2D eigenvalue weighted by Gasteiger charge is -2.13. The first kappa shape index (κ1) is 18.0. The summed E-state index contributed by atoms with van der Waals surface area (Å²) in [6, 6.07) is 13.4. The molecule has 1 atom stereocenters. The summed E-state index contributed by atoms with van der Waals surface area (Å²) in [6.45, 7) is 1.73. The van der Waals surface area contributed by atoms with Gasteiger partial charge in [0.25, 0.3) is 5.91 Å². The Bertz CT molecular complexity index is 1370. The zero-order valence-electron chi connectivity index (χ0n) is 16.0. The second kappa shape index (κ2) is 7.07. The van der Waals surface area contributed by atoms with E-state index in [1.54, 1.807) is 37.5 Å². The van der Waals surface area contributed by atoms with Crippen molar-refractivity contribution in [3.63, 3.8) is 0 Å². The van der Waals surface area contributed by atoms with Gasteiger partial charge in [-0.2, -0.15) is 5.10 Å². The zero-order chi connectivity index (χ0) is 20.7. The van der Waals surface area contributed by atoms with Crippen molar-refractivity contribution in [2.45, 2.75) is 13.0 Å². The number of pyridine rings is 1. The average Bonchev–Trinajstić information content (AvgIpc) is 3.36. The first-order chi connectivity index (χ1) is 14.6. The van der Waals surface area contributed by atoms with Gasteiger partial charge in [0.1, 0.15) is 11.5 Å². The summed E-state index contributed by atoms with van der Waals surface area (Å²) in [7, 11) is 0. The Morgan fingerprint density at radius 1 is 1.10 bits per heavy atom. The second-order valence-corrected chi connectivity index (χ2v) is 7.03. The third-order valence-electron chi connectivity index (χ3n) is 5.05. The molecule has 8 heteroatoms. The van der Waals surface area contributed by atoms with Gasteiger partial charge in [-0.25, -0.2) is 9.37 Å². The molecule has 1 amide bonds. The molecule has 2 aromatic carbocycles. The third-order valence-corrected chi connectivity index (χ3v) is 5.05. The van der Waals surface area contributed by atoms with Crippen LogP contribution in [-0.4, -0.2) is 31.1 Å². The average molecular weight is 400 g/mol. The summed E-state index contributed by atoms with van der Waals surface area (Å²) in [6.07, 6.45) is 3.42. The van der Waals surface area contributed by atoms with Crippen molar-refractivity contribution in [3.8, 4) is 11.3 Å². The Labute approximate surface area is 170 Å². The molecule has 0 bridgehead atoms. The number of hydrogen-bond acceptors (Lipinski definition) is 4. The Morgan fingerprint density at radius 3 is 2.70 bits per heavy atom. The minimum absolute atomic E-state index is 0.166. The van der Waals surface area contributed by atoms with E-state index in [4.69, 9.17) is 0 Å². The Hall–Kier alpha value is -4.07. The van der Waals surface area contributed by atoms with Crippen molar-refractivity contribution in [3.05, 3.63) is 78.1 Å². The highest BCUT2D eigenvalue weighted by atomic mass is 19.1. The number of carbonyl (C=O) groups excluding carboxylic acids is 1. The van der Waals surface area contributed by atoms with Crippen LogP contribution in [0.1, 0.15) is 29.1 Å². The molecule has 0 radical (unpaired) electrons. The molecule has 3 aromatic heterocycles. The summed E-state index contributed by atoms with van der Waals surface area (Å²) in [5.74, 6) is -0.599. The van der Waals surface area contributed by atoms with Crippen molar-refractivity contribution >= 4 is 27.8 Å². The number of aromatic nitrogens is 5. The van der Waals surface area contributed by atoms with Gasteiger partial charge in [0.2, 0.25) is 0 Å². The van der Waals surface area contributed by atoms with E-state index in [-0.39, 0.29) is 11.6 Å². The zero-order valence-corrected chi connectivity index (χ0v) is 16.0. The predicted octanol–water partition coefficient (Wildman–Crippen LogP) is 4.13. The summed E-state index contributed by atoms with van der Waals surface area (Å²) in [5.41, 5.74) is 4.31. The van der Waals surface area contributed by atoms with Crippen molar-refractivity contribution in [2.75, 3.05) is 0 Å². The van der Waals surface area contributed by atoms with Gasteiger partial charge in [-0.15, -0.1) is 0 Å². The topological polar surface area (TPSA) is 99.3 Å². The lowest BCUT2D eigenvalue weighted by molar-refractivity contribution is 0.0930. The van der Waals surface area contributed by atoms with E-state index in [0.717, 1.165) is 22.2 Å². The van der Waals surface area contributed by atoms with Gasteiger partial charge in [-0.3, -0.25) is 14.9 Å². The number of nitrogens with zero attached hydrogens (tertiary/aromatic N) is 3. The van der Waals surface area contributed by atoms with Crippen LogP contribution < -0.4 is 5.32 Å². The fourth-order valence-electron chi connectivity index (χ4n) is 3.53. The molecule has 3 N–H and O–H groups in total. The van der Waals surface area contributed by atoms with Gasteiger partial charge in [0, 0.05) is 28.9 Å². The van der Waals surface area contributed by atoms with Crippen LogP contribution in [0.4, 0.5) is 4.39 Å². The van der Waals surface area contributed by atoms with Crippen LogP contribution in [0, 0.1) is 5.82 Å². The molecule has 0 aliphatic carbocycles. The van der Waals surface area contributed by atoms with Gasteiger partial charge in [-0.1, -0.05) is 18.2 Å². The molecule has 0 saturated heterocycles. The summed E-state index contributed by atoms with van der Waals surface area (Å²) in [4.78, 5) is 24.2. The van der Waals surface area contributed by atoms with Gasteiger partial charge >= 0.3 is 0 Å². The number of rotatable bonds is 4. The Kier molecular flexibility index (Phi) is 4.24. The quantitative estimate of drug-likeness (QED) is 0.422. The monoisotopic (exact) mass is 400 g/mol. The van der Waals surface area contributed by atoms with Crippen molar-refractivity contribution in [2.24, 2.45) is 0 Å². The number of benzene rings is 2. The van der Waals surface area contributed by atoms with Crippen LogP contribution in [0.15, 0.2) is 60.9 Å². The largest absolute Gasteiger partial charge is 0.343 e. The van der Waals surface area contributed by atoms with E-state index in [0.29, 0.717) is 16.6 Å². The van der Waals surface area contributed by atoms with Crippen LogP contribution in [0.5, 0.6) is 0 Å². The van der Waals surface area contributed by atoms with Crippen LogP contribution in [0.25, 0.3) is 33.2 Å². The number of amides is 1. The molecule has 7 nitrogen and oxygen atoms in total. The fraction of sp³-hybridized carbons (Fsp3) is 0.0909. The van der Waals surface area contributed by atoms with Crippen molar-refractivity contribution in [1.29, 1.82) is 0 Å². The highest BCUT2D eigenvalue weighted by Crippen LogP contribution is 2.29. The lowest BCUT2D eigenvalue weighted by Crippen LogP contribution is -2.28. The van der Waals surface area contributed by atoms with Gasteiger partial charge in [0.05, 0.1) is 22.6 Å². The highest BCUT2D eigenvalue weighted by Gasteiger charge is 2.18. The molecular formula is C22H17FN6O. The van der Waals surface area contributed by atoms with Gasteiger partial charge in [0.15, 0.2) is 5.82 Å². The minimum Gasteiger partial charge on any atom is -0.343 e. The summed E-state index contributed by atoms with van der Waals surface area (Å²) in [5, 5.41) is 11.1. The maximum atomic E-state index is 14.0. The van der Waals surface area contributed by atoms with Crippen LogP contribution in [0.2, 0.25) is 0 Å². The molecule has 0 fully saturated rings. The molecule has 1 unspecified atom stereocenters. The summed E-state index contributed by atoms with van der Waals surface area (Å²) >= 11 is 0. The molecule has 0 aliphatic heterocycles. The molecule has 5 aromatic rings. The second-order valence-electron chi connectivity index (χ2n) is 7.03. The normalized spacial score (nSPS) is 12.3. The minimum atomic E-state index is -0.496. The Balaban J connectivity index is 1.47. The smallest absolute Gasteiger partial charge is 0.287 e. The molecular weight excluding hydrogens is 383 g/mol. The standard InChI is InChI=1S/C22H17FN6O/c1-12(14-4-2-3-5-16(14)23)25-22(30)21-26-18-10-15-17(11-19(18)27-21)28-29-20(15)13-6-8-24-9-7-13/h2-12H,1H3,(H,25,30)(H,26,27)(H,28,29). The van der Waals surface area contributed by atoms with E-state index in [9.17, 15) is 9.18 Å². The molecule has 148 valence electrons. The van der Waals surface area contributed by atoms with E-state index in [1.807, 2.05) is 24.3 Å². The lowest BCUT2D eigenvalue weighted by atomic mass is 10.1. The van der Waals surface area contributed by atoms with E-state index in [2.05, 4.69) is 30.5 Å². The molecule has 0 saturated carbocycles. The SMILES string of the molecule is CC(NC(=O)c1nc2cc3c(-c4ccncc4)n[nH]c3cc2[nH]1)c1ccccc1F. The van der Waals surface area contributed by atoms with Crippen molar-refractivity contribution in [1.82, 2.24) is 30.5 Å². The number of hydrogen-bond donors (Lipinski definition) is 3. The number of imidazole rings is 1. The number of H-pyrrole nitrogens is 2. The van der Waals surface area contributed by atoms with Gasteiger partial charge < -0.3 is 10.3 Å². The van der Waals surface area contributed by atoms with Crippen LogP contribution in [0.3, 0.4) is 0 Å². The molecule has 0 aliphatic rings. The Morgan fingerprint density at radius 2 is 1.90 bits per heavy atom. The first-order valence-corrected chi connectivity index (χ1v) is 9.43. The predicted molar refractivity (Wildman–Crippen MR) is 111 cm³/mol. The number of fused-ring (bicyclic) bond motifs is 2. The fourth-order valence-corrected chi connectivity index (χ4v) is 3.53. The van der Waals surface area contributed by atoms with E-state index < -0.39 is 11.9 Å². The maximum Gasteiger partial charge on any atom is 0.287 e. The molecule has 5 rings (SSSR count). The van der Waals surface area contributed by atoms with E-state index >= 15 is 0 Å². The van der Waals surface area contributed by atoms with Crippen LogP contribution >= 0.6 is 0 Å². The van der Waals surface area contributed by atoms with Gasteiger partial charge in [-0.05, 0) is 37.3 Å². The summed E-state index contributed by atoms with van der Waals surface area (Å²) < 4.78 is 14.0. The molecule has 3 heterocycles. The number of nitrogens with one attached hydrogen (secondary N) is 3. The maximum absolute atomic E-state index is 14.0.